The van der Waals surface area contributed by atoms with Crippen LogP contribution in [0.25, 0.3) is 0 Å². The van der Waals surface area contributed by atoms with Gasteiger partial charge in [0.15, 0.2) is 0 Å². The second kappa shape index (κ2) is 6.70. The van der Waals surface area contributed by atoms with Crippen molar-refractivity contribution in [3.8, 4) is 5.88 Å². The van der Waals surface area contributed by atoms with Crippen LogP contribution in [0.1, 0.15) is 28.0 Å². The van der Waals surface area contributed by atoms with E-state index in [9.17, 15) is 18.0 Å². The van der Waals surface area contributed by atoms with Crippen LogP contribution < -0.4 is 4.74 Å². The third-order valence-corrected chi connectivity index (χ3v) is 4.02. The Labute approximate surface area is 142 Å². The number of rotatable bonds is 3. The van der Waals surface area contributed by atoms with Gasteiger partial charge in [-0.25, -0.2) is 4.98 Å². The van der Waals surface area contributed by atoms with E-state index in [0.717, 1.165) is 18.3 Å². The molecule has 1 saturated heterocycles. The Morgan fingerprint density at radius 1 is 1.28 bits per heavy atom. The molecule has 0 radical (unpaired) electrons. The van der Waals surface area contributed by atoms with Gasteiger partial charge in [0, 0.05) is 37.1 Å². The Kier molecular flexibility index (Phi) is 4.61. The van der Waals surface area contributed by atoms with Crippen molar-refractivity contribution in [1.29, 1.82) is 0 Å². The first-order chi connectivity index (χ1) is 11.8. The quantitative estimate of drug-likeness (QED) is 0.853. The van der Waals surface area contributed by atoms with E-state index >= 15 is 0 Å². The van der Waals surface area contributed by atoms with Crippen molar-refractivity contribution in [3.05, 3.63) is 53.5 Å². The van der Waals surface area contributed by atoms with E-state index < -0.39 is 17.8 Å². The molecule has 132 valence electrons. The molecule has 0 saturated carbocycles. The fourth-order valence-corrected chi connectivity index (χ4v) is 2.71. The molecule has 8 heteroatoms. The molecule has 0 aromatic carbocycles. The molecule has 2 aromatic heterocycles. The normalized spacial score (nSPS) is 17.6. The third-order valence-electron chi connectivity index (χ3n) is 4.02. The fourth-order valence-electron chi connectivity index (χ4n) is 2.71. The maximum atomic E-state index is 12.7. The van der Waals surface area contributed by atoms with Crippen molar-refractivity contribution in [1.82, 2.24) is 14.9 Å². The first kappa shape index (κ1) is 17.2. The van der Waals surface area contributed by atoms with Crippen LogP contribution in [0.15, 0.2) is 36.7 Å². The van der Waals surface area contributed by atoms with Crippen molar-refractivity contribution in [2.45, 2.75) is 25.6 Å². The molecule has 1 aliphatic heterocycles. The summed E-state index contributed by atoms with van der Waals surface area (Å²) in [5.74, 6) is -0.250. The predicted molar refractivity (Wildman–Crippen MR) is 83.1 cm³/mol. The number of nitrogens with zero attached hydrogens (tertiary/aromatic N) is 3. The molecule has 2 aromatic rings. The van der Waals surface area contributed by atoms with Gasteiger partial charge in [0.25, 0.3) is 5.91 Å². The first-order valence-corrected chi connectivity index (χ1v) is 7.75. The number of halogens is 3. The number of aromatic nitrogens is 2. The monoisotopic (exact) mass is 351 g/mol. The van der Waals surface area contributed by atoms with E-state index in [0.29, 0.717) is 30.8 Å². The highest BCUT2D eigenvalue weighted by molar-refractivity contribution is 5.95. The van der Waals surface area contributed by atoms with Crippen molar-refractivity contribution in [3.63, 3.8) is 0 Å². The number of ether oxygens (including phenoxy) is 1. The van der Waals surface area contributed by atoms with E-state index in [-0.39, 0.29) is 11.8 Å². The van der Waals surface area contributed by atoms with Crippen LogP contribution >= 0.6 is 0 Å². The van der Waals surface area contributed by atoms with Crippen LogP contribution in [0.5, 0.6) is 5.88 Å². The summed E-state index contributed by atoms with van der Waals surface area (Å²) >= 11 is 0. The number of likely N-dealkylation sites (tertiary alicyclic amines) is 1. The molecule has 3 heterocycles. The summed E-state index contributed by atoms with van der Waals surface area (Å²) in [7, 11) is 0. The largest absolute Gasteiger partial charge is 0.472 e. The maximum absolute atomic E-state index is 12.7. The number of carbonyl (C=O) groups excluding carboxylic acids is 1. The SMILES string of the molecule is Cc1ncccc1C(=O)N1CCC(Oc2cc(C(F)(F)F)ccn2)C1. The van der Waals surface area contributed by atoms with Crippen molar-refractivity contribution in [2.24, 2.45) is 0 Å². The lowest BCUT2D eigenvalue weighted by atomic mass is 10.2. The van der Waals surface area contributed by atoms with Crippen molar-refractivity contribution < 1.29 is 22.7 Å². The standard InChI is InChI=1S/C17H16F3N3O2/c1-11-14(3-2-6-21-11)16(24)23-8-5-13(10-23)25-15-9-12(4-7-22-15)17(18,19)20/h2-4,6-7,9,13H,5,8,10H2,1H3. The lowest BCUT2D eigenvalue weighted by Gasteiger charge is -2.18. The molecule has 25 heavy (non-hydrogen) atoms. The van der Waals surface area contributed by atoms with Crippen LogP contribution in [0.2, 0.25) is 0 Å². The van der Waals surface area contributed by atoms with Gasteiger partial charge < -0.3 is 9.64 Å². The molecule has 1 amide bonds. The Morgan fingerprint density at radius 2 is 2.08 bits per heavy atom. The van der Waals surface area contributed by atoms with E-state index in [2.05, 4.69) is 9.97 Å². The van der Waals surface area contributed by atoms with E-state index in [4.69, 9.17) is 4.74 Å². The zero-order valence-corrected chi connectivity index (χ0v) is 13.5. The molecule has 1 aliphatic rings. The van der Waals surface area contributed by atoms with Gasteiger partial charge in [0.2, 0.25) is 5.88 Å². The van der Waals surface area contributed by atoms with E-state index in [1.807, 2.05) is 0 Å². The number of hydrogen-bond acceptors (Lipinski definition) is 4. The molecule has 3 rings (SSSR count). The highest BCUT2D eigenvalue weighted by Crippen LogP contribution is 2.31. The Hall–Kier alpha value is -2.64. The molecule has 1 unspecified atom stereocenters. The minimum atomic E-state index is -4.45. The van der Waals surface area contributed by atoms with Crippen LogP contribution in [0.3, 0.4) is 0 Å². The summed E-state index contributed by atoms with van der Waals surface area (Å²) in [5.41, 5.74) is 0.339. The zero-order chi connectivity index (χ0) is 18.0. The summed E-state index contributed by atoms with van der Waals surface area (Å²) in [5, 5.41) is 0. The summed E-state index contributed by atoms with van der Waals surface area (Å²) < 4.78 is 43.7. The van der Waals surface area contributed by atoms with Crippen molar-refractivity contribution in [2.75, 3.05) is 13.1 Å². The zero-order valence-electron chi connectivity index (χ0n) is 13.5. The molecular weight excluding hydrogens is 335 g/mol. The van der Waals surface area contributed by atoms with Gasteiger partial charge >= 0.3 is 6.18 Å². The summed E-state index contributed by atoms with van der Waals surface area (Å²) in [6.45, 7) is 2.52. The van der Waals surface area contributed by atoms with Gasteiger partial charge in [-0.1, -0.05) is 0 Å². The van der Waals surface area contributed by atoms with Crippen molar-refractivity contribution >= 4 is 5.91 Å². The topological polar surface area (TPSA) is 55.3 Å². The fraction of sp³-hybridized carbons (Fsp3) is 0.353. The number of aryl methyl sites for hydroxylation is 1. The van der Waals surface area contributed by atoms with Crippen LogP contribution in [-0.2, 0) is 6.18 Å². The molecule has 1 fully saturated rings. The van der Waals surface area contributed by atoms with Gasteiger partial charge in [-0.05, 0) is 25.1 Å². The molecule has 0 bridgehead atoms. The van der Waals surface area contributed by atoms with Gasteiger partial charge in [0.05, 0.1) is 17.7 Å². The number of alkyl halides is 3. The van der Waals surface area contributed by atoms with Crippen LogP contribution in [-0.4, -0.2) is 40.0 Å². The lowest BCUT2D eigenvalue weighted by molar-refractivity contribution is -0.137. The minimum absolute atomic E-state index is 0.0910. The van der Waals surface area contributed by atoms with Crippen LogP contribution in [0, 0.1) is 6.92 Å². The smallest absolute Gasteiger partial charge is 0.416 e. The number of hydrogen-bond donors (Lipinski definition) is 0. The van der Waals surface area contributed by atoms with E-state index in [1.165, 1.54) is 0 Å². The second-order valence-corrected chi connectivity index (χ2v) is 5.80. The lowest BCUT2D eigenvalue weighted by Crippen LogP contribution is -2.31. The van der Waals surface area contributed by atoms with Gasteiger partial charge in [-0.2, -0.15) is 13.2 Å². The number of pyridine rings is 2. The second-order valence-electron chi connectivity index (χ2n) is 5.80. The van der Waals surface area contributed by atoms with Gasteiger partial charge in [-0.15, -0.1) is 0 Å². The molecule has 0 spiro atoms. The first-order valence-electron chi connectivity index (χ1n) is 7.75. The summed E-state index contributed by atoms with van der Waals surface area (Å²) in [6, 6.07) is 5.16. The summed E-state index contributed by atoms with van der Waals surface area (Å²) in [4.78, 5) is 22.0. The molecule has 0 N–H and O–H groups in total. The third kappa shape index (κ3) is 3.89. The van der Waals surface area contributed by atoms with Crippen LogP contribution in [0.4, 0.5) is 13.2 Å². The highest BCUT2D eigenvalue weighted by atomic mass is 19.4. The van der Waals surface area contributed by atoms with Gasteiger partial charge in [-0.3, -0.25) is 9.78 Å². The number of amides is 1. The Morgan fingerprint density at radius 3 is 2.80 bits per heavy atom. The average molecular weight is 351 g/mol. The minimum Gasteiger partial charge on any atom is -0.472 e. The Bertz CT molecular complexity index is 780. The van der Waals surface area contributed by atoms with E-state index in [1.54, 1.807) is 30.2 Å². The number of carbonyl (C=O) groups is 1. The summed E-state index contributed by atoms with van der Waals surface area (Å²) in [6.07, 6.45) is -1.63. The maximum Gasteiger partial charge on any atom is 0.416 e. The molecule has 5 nitrogen and oxygen atoms in total. The molecule has 1 atom stereocenters. The predicted octanol–water partition coefficient (Wildman–Crippen LogP) is 3.10. The molecule has 0 aliphatic carbocycles. The molecular formula is C17H16F3N3O2. The highest BCUT2D eigenvalue weighted by Gasteiger charge is 2.32. The Balaban J connectivity index is 1.66. The average Bonchev–Trinajstić information content (AvgIpc) is 3.03. The van der Waals surface area contributed by atoms with Gasteiger partial charge in [0.1, 0.15) is 6.10 Å².